The van der Waals surface area contributed by atoms with Gasteiger partial charge in [-0.1, -0.05) is 18.2 Å². The van der Waals surface area contributed by atoms with E-state index >= 15 is 0 Å². The summed E-state index contributed by atoms with van der Waals surface area (Å²) in [5.74, 6) is 1.81. The molecule has 2 rings (SSSR count). The third-order valence-electron chi connectivity index (χ3n) is 3.25. The third kappa shape index (κ3) is 4.92. The molecule has 0 saturated heterocycles. The second-order valence-corrected chi connectivity index (χ2v) is 5.11. The Morgan fingerprint density at radius 2 is 2.00 bits per heavy atom. The van der Waals surface area contributed by atoms with Crippen LogP contribution in [0.25, 0.3) is 0 Å². The van der Waals surface area contributed by atoms with E-state index in [1.165, 1.54) is 5.56 Å². The van der Waals surface area contributed by atoms with Crippen molar-refractivity contribution in [2.24, 2.45) is 10.7 Å². The second-order valence-electron chi connectivity index (χ2n) is 5.11. The molecule has 0 unspecified atom stereocenters. The highest BCUT2D eigenvalue weighted by Gasteiger charge is 2.05. The molecule has 23 heavy (non-hydrogen) atoms. The molecule has 0 aliphatic rings. The van der Waals surface area contributed by atoms with Crippen molar-refractivity contribution in [3.05, 3.63) is 53.6 Å². The predicted molar refractivity (Wildman–Crippen MR) is 94.3 cm³/mol. The highest BCUT2D eigenvalue weighted by molar-refractivity contribution is 5.92. The van der Waals surface area contributed by atoms with Gasteiger partial charge in [-0.3, -0.25) is 0 Å². The van der Waals surface area contributed by atoms with Crippen LogP contribution in [0.2, 0.25) is 0 Å². The smallest absolute Gasteiger partial charge is 0.193 e. The first-order chi connectivity index (χ1) is 11.1. The lowest BCUT2D eigenvalue weighted by Crippen LogP contribution is -2.22. The van der Waals surface area contributed by atoms with Gasteiger partial charge in [0.2, 0.25) is 0 Å². The Morgan fingerprint density at radius 1 is 1.17 bits per heavy atom. The van der Waals surface area contributed by atoms with Crippen molar-refractivity contribution in [2.75, 3.05) is 19.0 Å². The van der Waals surface area contributed by atoms with Gasteiger partial charge < -0.3 is 20.5 Å². The van der Waals surface area contributed by atoms with Crippen molar-refractivity contribution in [2.45, 2.75) is 20.4 Å². The molecule has 0 amide bonds. The molecule has 122 valence electrons. The predicted octanol–water partition coefficient (Wildman–Crippen LogP) is 3.33. The van der Waals surface area contributed by atoms with Crippen molar-refractivity contribution in [3.8, 4) is 11.5 Å². The number of nitrogens with zero attached hydrogens (tertiary/aromatic N) is 1. The lowest BCUT2D eigenvalue weighted by atomic mass is 10.2. The number of guanidine groups is 1. The molecular formula is C18H23N3O2. The molecule has 0 radical (unpaired) electrons. The Balaban J connectivity index is 2.03. The topological polar surface area (TPSA) is 68.9 Å². The summed E-state index contributed by atoms with van der Waals surface area (Å²) in [5, 5.41) is 3.09. The first-order valence-electron chi connectivity index (χ1n) is 7.55. The zero-order valence-electron chi connectivity index (χ0n) is 13.8. The summed E-state index contributed by atoms with van der Waals surface area (Å²) in [6.45, 7) is 5.04. The molecule has 0 aromatic heterocycles. The maximum atomic E-state index is 5.93. The van der Waals surface area contributed by atoms with E-state index in [0.717, 1.165) is 17.0 Å². The summed E-state index contributed by atoms with van der Waals surface area (Å²) in [4.78, 5) is 4.36. The largest absolute Gasteiger partial charge is 0.493 e. The van der Waals surface area contributed by atoms with Crippen LogP contribution in [0.5, 0.6) is 11.5 Å². The molecule has 0 aliphatic heterocycles. The van der Waals surface area contributed by atoms with E-state index in [2.05, 4.69) is 10.3 Å². The highest BCUT2D eigenvalue weighted by Crippen LogP contribution is 2.28. The summed E-state index contributed by atoms with van der Waals surface area (Å²) in [5.41, 5.74) is 9.03. The van der Waals surface area contributed by atoms with E-state index in [1.54, 1.807) is 7.11 Å². The Bertz CT molecular complexity index is 684. The van der Waals surface area contributed by atoms with Crippen molar-refractivity contribution < 1.29 is 9.47 Å². The molecule has 0 fully saturated rings. The number of anilines is 1. The van der Waals surface area contributed by atoms with Crippen LogP contribution in [0.4, 0.5) is 5.69 Å². The Kier molecular flexibility index (Phi) is 5.86. The number of methoxy groups -OCH3 is 1. The Labute approximate surface area is 137 Å². The van der Waals surface area contributed by atoms with E-state index in [9.17, 15) is 0 Å². The van der Waals surface area contributed by atoms with E-state index in [-0.39, 0.29) is 0 Å². The first-order valence-corrected chi connectivity index (χ1v) is 7.55. The molecule has 0 saturated carbocycles. The van der Waals surface area contributed by atoms with Gasteiger partial charge in [0.25, 0.3) is 0 Å². The van der Waals surface area contributed by atoms with Crippen molar-refractivity contribution in [1.82, 2.24) is 0 Å². The first kappa shape index (κ1) is 16.7. The van der Waals surface area contributed by atoms with Gasteiger partial charge in [-0.05, 0) is 49.2 Å². The van der Waals surface area contributed by atoms with Crippen LogP contribution in [-0.4, -0.2) is 19.7 Å². The zero-order chi connectivity index (χ0) is 16.7. The number of rotatable bonds is 6. The maximum absolute atomic E-state index is 5.93. The standard InChI is InChI=1S/C18H23N3O2/c1-4-23-16-9-8-14(11-17(16)22-3)12-20-18(19)21-15-7-5-6-13(2)10-15/h5-11H,4,12H2,1-3H3,(H3,19,20,21). The molecule has 2 aromatic carbocycles. The Morgan fingerprint density at radius 3 is 2.70 bits per heavy atom. The van der Waals surface area contributed by atoms with Crippen LogP contribution in [0.15, 0.2) is 47.5 Å². The van der Waals surface area contributed by atoms with Gasteiger partial charge in [0, 0.05) is 5.69 Å². The summed E-state index contributed by atoms with van der Waals surface area (Å²) in [6.07, 6.45) is 0. The number of nitrogens with two attached hydrogens (primary N) is 1. The summed E-state index contributed by atoms with van der Waals surface area (Å²) in [7, 11) is 1.62. The average molecular weight is 313 g/mol. The number of hydrogen-bond donors (Lipinski definition) is 2. The minimum atomic E-state index is 0.378. The van der Waals surface area contributed by atoms with E-state index in [4.69, 9.17) is 15.2 Å². The number of ether oxygens (including phenoxy) is 2. The van der Waals surface area contributed by atoms with Gasteiger partial charge in [0.05, 0.1) is 20.3 Å². The van der Waals surface area contributed by atoms with Gasteiger partial charge in [-0.15, -0.1) is 0 Å². The molecule has 3 N–H and O–H groups in total. The molecule has 5 nitrogen and oxygen atoms in total. The minimum absolute atomic E-state index is 0.378. The van der Waals surface area contributed by atoms with Gasteiger partial charge in [-0.2, -0.15) is 0 Å². The number of nitrogens with one attached hydrogen (secondary N) is 1. The number of aliphatic imine (C=N–C) groups is 1. The van der Waals surface area contributed by atoms with Crippen LogP contribution in [-0.2, 0) is 6.54 Å². The number of benzene rings is 2. The fourth-order valence-corrected chi connectivity index (χ4v) is 2.17. The molecule has 0 spiro atoms. The number of aryl methyl sites for hydroxylation is 1. The lowest BCUT2D eigenvalue weighted by Gasteiger charge is -2.10. The SMILES string of the molecule is CCOc1ccc(CN=C(N)Nc2cccc(C)c2)cc1OC. The second kappa shape index (κ2) is 8.08. The van der Waals surface area contributed by atoms with Crippen LogP contribution >= 0.6 is 0 Å². The minimum Gasteiger partial charge on any atom is -0.493 e. The lowest BCUT2D eigenvalue weighted by molar-refractivity contribution is 0.310. The quantitative estimate of drug-likeness (QED) is 0.634. The zero-order valence-corrected chi connectivity index (χ0v) is 13.8. The molecule has 0 aliphatic carbocycles. The highest BCUT2D eigenvalue weighted by atomic mass is 16.5. The monoisotopic (exact) mass is 313 g/mol. The van der Waals surface area contributed by atoms with Crippen molar-refractivity contribution in [3.63, 3.8) is 0 Å². The third-order valence-corrected chi connectivity index (χ3v) is 3.25. The van der Waals surface area contributed by atoms with E-state index in [1.807, 2.05) is 56.3 Å². The molecule has 2 aromatic rings. The van der Waals surface area contributed by atoms with E-state index in [0.29, 0.717) is 24.9 Å². The summed E-state index contributed by atoms with van der Waals surface area (Å²) in [6, 6.07) is 13.7. The van der Waals surface area contributed by atoms with Crippen molar-refractivity contribution >= 4 is 11.6 Å². The molecule has 5 heteroatoms. The summed E-state index contributed by atoms with van der Waals surface area (Å²) >= 11 is 0. The van der Waals surface area contributed by atoms with Gasteiger partial charge in [0.1, 0.15) is 0 Å². The molecule has 0 atom stereocenters. The van der Waals surface area contributed by atoms with Crippen LogP contribution in [0.1, 0.15) is 18.1 Å². The van der Waals surface area contributed by atoms with Crippen molar-refractivity contribution in [1.29, 1.82) is 0 Å². The molecule has 0 bridgehead atoms. The summed E-state index contributed by atoms with van der Waals surface area (Å²) < 4.78 is 10.8. The average Bonchev–Trinajstić information content (AvgIpc) is 2.54. The van der Waals surface area contributed by atoms with E-state index < -0.39 is 0 Å². The van der Waals surface area contributed by atoms with Gasteiger partial charge in [0.15, 0.2) is 17.5 Å². The van der Waals surface area contributed by atoms with Crippen LogP contribution in [0, 0.1) is 6.92 Å². The molecule has 0 heterocycles. The van der Waals surface area contributed by atoms with Crippen LogP contribution in [0.3, 0.4) is 0 Å². The van der Waals surface area contributed by atoms with Gasteiger partial charge >= 0.3 is 0 Å². The normalized spacial score (nSPS) is 11.2. The fourth-order valence-electron chi connectivity index (χ4n) is 2.17. The number of hydrogen-bond acceptors (Lipinski definition) is 3. The maximum Gasteiger partial charge on any atom is 0.193 e. The fraction of sp³-hybridized carbons (Fsp3) is 0.278. The molecular weight excluding hydrogens is 290 g/mol. The van der Waals surface area contributed by atoms with Gasteiger partial charge in [-0.25, -0.2) is 4.99 Å². The van der Waals surface area contributed by atoms with Crippen LogP contribution < -0.4 is 20.5 Å². The Hall–Kier alpha value is -2.69.